The van der Waals surface area contributed by atoms with Crippen LogP contribution in [0.1, 0.15) is 54.0 Å². The molecule has 3 rings (SSSR count). The fourth-order valence-electron chi connectivity index (χ4n) is 3.12. The van der Waals surface area contributed by atoms with E-state index in [1.807, 2.05) is 25.1 Å². The molecule has 0 bridgehead atoms. The van der Waals surface area contributed by atoms with E-state index in [-0.39, 0.29) is 34.8 Å². The Kier molecular flexibility index (Phi) is 6.64. The second kappa shape index (κ2) is 9.38. The van der Waals surface area contributed by atoms with Crippen molar-refractivity contribution in [2.45, 2.75) is 46.5 Å². The lowest BCUT2D eigenvalue weighted by atomic mass is 10.1. The van der Waals surface area contributed by atoms with Gasteiger partial charge in [-0.05, 0) is 32.8 Å². The standard InChI is InChI=1S/C22H23N3O6/c1-13-7-6-9-16(11-13)20-19(23-15(3)31-20)21(27)25(22(28)29)17-12-30-18(24-17)10-5-4-8-14(2)26/h6-7,9,11-12H,4-5,8,10H2,1-3H3,(H,28,29). The van der Waals surface area contributed by atoms with Crippen molar-refractivity contribution in [3.63, 3.8) is 0 Å². The lowest BCUT2D eigenvalue weighted by Gasteiger charge is -2.13. The van der Waals surface area contributed by atoms with Crippen LogP contribution in [0.3, 0.4) is 0 Å². The van der Waals surface area contributed by atoms with E-state index >= 15 is 0 Å². The molecule has 0 fully saturated rings. The van der Waals surface area contributed by atoms with Gasteiger partial charge in [0.25, 0.3) is 5.91 Å². The van der Waals surface area contributed by atoms with Gasteiger partial charge in [-0.3, -0.25) is 4.79 Å². The van der Waals surface area contributed by atoms with Gasteiger partial charge >= 0.3 is 6.09 Å². The molecule has 0 radical (unpaired) electrons. The number of Topliss-reactive ketones (excluding diaryl/α,β-unsaturated/α-hetero) is 1. The van der Waals surface area contributed by atoms with E-state index in [1.165, 1.54) is 6.92 Å². The minimum atomic E-state index is -1.52. The van der Waals surface area contributed by atoms with E-state index in [0.29, 0.717) is 36.1 Å². The molecule has 0 saturated heterocycles. The molecule has 162 valence electrons. The quantitative estimate of drug-likeness (QED) is 0.520. The molecule has 2 heterocycles. The SMILES string of the molecule is CC(=O)CCCCc1nc(N(C(=O)O)C(=O)c2nc(C)oc2-c2cccc(C)c2)co1. The zero-order valence-electron chi connectivity index (χ0n) is 17.5. The summed E-state index contributed by atoms with van der Waals surface area (Å²) in [6.45, 7) is 5.00. The molecule has 3 aromatic rings. The Morgan fingerprint density at radius 2 is 1.90 bits per heavy atom. The first-order valence-electron chi connectivity index (χ1n) is 9.82. The van der Waals surface area contributed by atoms with Crippen LogP contribution in [0.15, 0.2) is 39.4 Å². The first-order valence-corrected chi connectivity index (χ1v) is 9.82. The van der Waals surface area contributed by atoms with Gasteiger partial charge in [0.05, 0.1) is 0 Å². The van der Waals surface area contributed by atoms with Gasteiger partial charge in [0.1, 0.15) is 12.0 Å². The third kappa shape index (κ3) is 5.25. The van der Waals surface area contributed by atoms with Gasteiger partial charge in [0, 0.05) is 25.3 Å². The average molecular weight is 425 g/mol. The smallest absolute Gasteiger partial charge is 0.420 e. The summed E-state index contributed by atoms with van der Waals surface area (Å²) in [5.74, 6) is -0.245. The summed E-state index contributed by atoms with van der Waals surface area (Å²) in [4.78, 5) is 44.8. The number of anilines is 1. The van der Waals surface area contributed by atoms with Crippen molar-refractivity contribution in [1.82, 2.24) is 9.97 Å². The van der Waals surface area contributed by atoms with Crippen LogP contribution in [0.25, 0.3) is 11.3 Å². The van der Waals surface area contributed by atoms with Gasteiger partial charge in [-0.2, -0.15) is 9.88 Å². The Morgan fingerprint density at radius 3 is 2.58 bits per heavy atom. The van der Waals surface area contributed by atoms with Crippen LogP contribution in [0.5, 0.6) is 0 Å². The summed E-state index contributed by atoms with van der Waals surface area (Å²) in [5, 5.41) is 9.68. The van der Waals surface area contributed by atoms with Crippen molar-refractivity contribution in [3.8, 4) is 11.3 Å². The topological polar surface area (TPSA) is 127 Å². The van der Waals surface area contributed by atoms with Crippen molar-refractivity contribution in [3.05, 3.63) is 53.6 Å². The zero-order valence-corrected chi connectivity index (χ0v) is 17.5. The third-order valence-corrected chi connectivity index (χ3v) is 4.55. The van der Waals surface area contributed by atoms with Crippen LogP contribution < -0.4 is 4.90 Å². The number of benzene rings is 1. The molecule has 0 unspecified atom stereocenters. The lowest BCUT2D eigenvalue weighted by molar-refractivity contribution is -0.117. The van der Waals surface area contributed by atoms with E-state index in [9.17, 15) is 19.5 Å². The van der Waals surface area contributed by atoms with Crippen molar-refractivity contribution < 1.29 is 28.3 Å². The van der Waals surface area contributed by atoms with E-state index in [0.717, 1.165) is 11.8 Å². The molecule has 2 amide bonds. The minimum Gasteiger partial charge on any atom is -0.464 e. The summed E-state index contributed by atoms with van der Waals surface area (Å²) in [5.41, 5.74) is 1.43. The molecule has 0 aliphatic rings. The van der Waals surface area contributed by atoms with Crippen molar-refractivity contribution in [2.24, 2.45) is 0 Å². The maximum absolute atomic E-state index is 13.1. The van der Waals surface area contributed by atoms with Crippen LogP contribution in [0.4, 0.5) is 10.6 Å². The molecule has 2 aromatic heterocycles. The largest absolute Gasteiger partial charge is 0.464 e. The number of carboxylic acid groups (broad SMARTS) is 1. The highest BCUT2D eigenvalue weighted by molar-refractivity contribution is 6.19. The molecule has 9 heteroatoms. The summed E-state index contributed by atoms with van der Waals surface area (Å²) in [7, 11) is 0. The van der Waals surface area contributed by atoms with Crippen LogP contribution in [0.2, 0.25) is 0 Å². The number of aryl methyl sites for hydroxylation is 3. The Hall–Kier alpha value is -3.75. The summed E-state index contributed by atoms with van der Waals surface area (Å²) < 4.78 is 10.9. The zero-order chi connectivity index (χ0) is 22.5. The number of hydrogen-bond donors (Lipinski definition) is 1. The predicted molar refractivity (Wildman–Crippen MR) is 111 cm³/mol. The molecule has 0 aliphatic carbocycles. The number of unbranched alkanes of at least 4 members (excludes halogenated alkanes) is 1. The Morgan fingerprint density at radius 1 is 1.13 bits per heavy atom. The molecule has 0 spiro atoms. The molecule has 0 aliphatic heterocycles. The molecule has 31 heavy (non-hydrogen) atoms. The molecular formula is C22H23N3O6. The first kappa shape index (κ1) is 21.9. The highest BCUT2D eigenvalue weighted by atomic mass is 16.4. The molecule has 0 atom stereocenters. The third-order valence-electron chi connectivity index (χ3n) is 4.55. The number of oxazole rings is 2. The number of nitrogens with zero attached hydrogens (tertiary/aromatic N) is 3. The summed E-state index contributed by atoms with van der Waals surface area (Å²) in [6, 6.07) is 7.27. The van der Waals surface area contributed by atoms with E-state index in [2.05, 4.69) is 9.97 Å². The highest BCUT2D eigenvalue weighted by Gasteiger charge is 2.32. The number of carbonyl (C=O) groups excluding carboxylic acids is 2. The highest BCUT2D eigenvalue weighted by Crippen LogP contribution is 2.28. The van der Waals surface area contributed by atoms with Crippen LogP contribution in [0, 0.1) is 13.8 Å². The maximum atomic E-state index is 13.1. The fourth-order valence-corrected chi connectivity index (χ4v) is 3.12. The van der Waals surface area contributed by atoms with Crippen LogP contribution in [-0.2, 0) is 11.2 Å². The number of aromatic nitrogens is 2. The van der Waals surface area contributed by atoms with Crippen molar-refractivity contribution in [2.75, 3.05) is 4.90 Å². The maximum Gasteiger partial charge on any atom is 0.420 e. The van der Waals surface area contributed by atoms with E-state index < -0.39 is 12.0 Å². The number of amides is 2. The lowest BCUT2D eigenvalue weighted by Crippen LogP contribution is -2.36. The fraction of sp³-hybridized carbons (Fsp3) is 0.318. The second-order valence-corrected chi connectivity index (χ2v) is 7.21. The van der Waals surface area contributed by atoms with Gasteiger partial charge in [-0.15, -0.1) is 0 Å². The monoisotopic (exact) mass is 425 g/mol. The number of carbonyl (C=O) groups is 3. The Balaban J connectivity index is 1.86. The molecule has 9 nitrogen and oxygen atoms in total. The summed E-state index contributed by atoms with van der Waals surface area (Å²) >= 11 is 0. The van der Waals surface area contributed by atoms with E-state index in [4.69, 9.17) is 8.83 Å². The van der Waals surface area contributed by atoms with Crippen molar-refractivity contribution in [1.29, 1.82) is 0 Å². The minimum absolute atomic E-state index is 0.100. The van der Waals surface area contributed by atoms with Gasteiger partial charge in [0.15, 0.2) is 29.1 Å². The van der Waals surface area contributed by atoms with Gasteiger partial charge in [0.2, 0.25) is 0 Å². The van der Waals surface area contributed by atoms with Gasteiger partial charge < -0.3 is 18.7 Å². The first-order chi connectivity index (χ1) is 14.8. The van der Waals surface area contributed by atoms with Crippen LogP contribution >= 0.6 is 0 Å². The van der Waals surface area contributed by atoms with Gasteiger partial charge in [-0.25, -0.2) is 9.78 Å². The molecule has 0 saturated carbocycles. The van der Waals surface area contributed by atoms with Gasteiger partial charge in [-0.1, -0.05) is 23.8 Å². The predicted octanol–water partition coefficient (Wildman–Crippen LogP) is 4.57. The normalized spacial score (nSPS) is 10.8. The van der Waals surface area contributed by atoms with Crippen molar-refractivity contribution >= 4 is 23.6 Å². The molecular weight excluding hydrogens is 402 g/mol. The Labute approximate surface area is 178 Å². The van der Waals surface area contributed by atoms with E-state index in [1.54, 1.807) is 13.0 Å². The summed E-state index contributed by atoms with van der Waals surface area (Å²) in [6.07, 6.45) is 1.81. The Bertz CT molecular complexity index is 1110. The molecule has 1 N–H and O–H groups in total. The molecule has 1 aromatic carbocycles. The van der Waals surface area contributed by atoms with Crippen LogP contribution in [-0.4, -0.2) is 32.9 Å². The number of rotatable bonds is 8. The number of ketones is 1. The second-order valence-electron chi connectivity index (χ2n) is 7.21. The average Bonchev–Trinajstić information content (AvgIpc) is 3.31. The number of hydrogen-bond acceptors (Lipinski definition) is 7. The number of imide groups is 1.